The number of nitrogens with one attached hydrogen (secondary N) is 1. The summed E-state index contributed by atoms with van der Waals surface area (Å²) in [5.41, 5.74) is 2.78. The molecule has 222 valence electrons. The number of thiophene rings is 1. The Kier molecular flexibility index (Phi) is 8.89. The maximum atomic E-state index is 13.7. The van der Waals surface area contributed by atoms with Crippen molar-refractivity contribution in [2.45, 2.75) is 30.7 Å². The molecule has 1 atom stereocenters. The van der Waals surface area contributed by atoms with Crippen LogP contribution in [0.25, 0.3) is 0 Å². The van der Waals surface area contributed by atoms with Gasteiger partial charge in [0.05, 0.1) is 35.5 Å². The van der Waals surface area contributed by atoms with Gasteiger partial charge >= 0.3 is 0 Å². The summed E-state index contributed by atoms with van der Waals surface area (Å²) >= 11 is 2.77. The molecule has 2 aromatic heterocycles. The molecule has 0 aliphatic carbocycles. The lowest BCUT2D eigenvalue weighted by Crippen LogP contribution is -2.28. The summed E-state index contributed by atoms with van der Waals surface area (Å²) in [6.07, 6.45) is 0.516. The van der Waals surface area contributed by atoms with Crippen LogP contribution in [0.5, 0.6) is 0 Å². The Morgan fingerprint density at radius 3 is 2.50 bits per heavy atom. The molecule has 3 aromatic carbocycles. The van der Waals surface area contributed by atoms with Gasteiger partial charge in [0.2, 0.25) is 0 Å². The average Bonchev–Trinajstić information content (AvgIpc) is 3.80. The third kappa shape index (κ3) is 6.76. The van der Waals surface area contributed by atoms with Crippen molar-refractivity contribution in [3.05, 3.63) is 135 Å². The first kappa shape index (κ1) is 29.4. The summed E-state index contributed by atoms with van der Waals surface area (Å²) < 4.78 is 29.1. The molecule has 12 heteroatoms. The van der Waals surface area contributed by atoms with Crippen molar-refractivity contribution < 1.29 is 18.4 Å². The van der Waals surface area contributed by atoms with Gasteiger partial charge in [-0.05, 0) is 52.9 Å². The van der Waals surface area contributed by atoms with Gasteiger partial charge in [0.1, 0.15) is 11.6 Å². The van der Waals surface area contributed by atoms with Crippen molar-refractivity contribution in [2.24, 2.45) is 5.10 Å². The zero-order valence-electron chi connectivity index (χ0n) is 23.3. The number of halogens is 2. The number of hydrogen-bond donors (Lipinski definition) is 1. The Bertz CT molecular complexity index is 1790. The highest BCUT2D eigenvalue weighted by atomic mass is 32.2. The van der Waals surface area contributed by atoms with Gasteiger partial charge in [0.25, 0.3) is 11.8 Å². The first-order valence-corrected chi connectivity index (χ1v) is 15.6. The lowest BCUT2D eigenvalue weighted by molar-refractivity contribution is -0.130. The van der Waals surface area contributed by atoms with E-state index in [1.54, 1.807) is 23.5 Å². The first-order chi connectivity index (χ1) is 21.4. The Morgan fingerprint density at radius 2 is 1.75 bits per heavy atom. The highest BCUT2D eigenvalue weighted by molar-refractivity contribution is 7.99. The summed E-state index contributed by atoms with van der Waals surface area (Å²) in [7, 11) is 0. The van der Waals surface area contributed by atoms with E-state index in [4.69, 9.17) is 0 Å². The molecule has 0 fully saturated rings. The number of rotatable bonds is 10. The summed E-state index contributed by atoms with van der Waals surface area (Å²) in [6, 6.07) is 24.8. The second kappa shape index (κ2) is 13.3. The van der Waals surface area contributed by atoms with Gasteiger partial charge in [-0.15, -0.1) is 21.5 Å². The first-order valence-electron chi connectivity index (χ1n) is 13.8. The molecular weight excluding hydrogens is 603 g/mol. The van der Waals surface area contributed by atoms with E-state index in [1.165, 1.54) is 53.2 Å². The number of carbonyl (C=O) groups excluding carboxylic acids is 2. The van der Waals surface area contributed by atoms with E-state index in [2.05, 4.69) is 20.6 Å². The Morgan fingerprint density at radius 1 is 0.932 bits per heavy atom. The molecular formula is C32H26F2N6O2S2. The number of hydrogen-bond acceptors (Lipinski definition) is 7. The Labute approximate surface area is 260 Å². The van der Waals surface area contributed by atoms with Crippen molar-refractivity contribution in [2.75, 3.05) is 5.75 Å². The van der Waals surface area contributed by atoms with Crippen LogP contribution >= 0.6 is 23.1 Å². The van der Waals surface area contributed by atoms with Gasteiger partial charge in [-0.25, -0.2) is 13.8 Å². The second-order valence-electron chi connectivity index (χ2n) is 9.99. The molecule has 6 rings (SSSR count). The van der Waals surface area contributed by atoms with Crippen LogP contribution in [0, 0.1) is 11.6 Å². The van der Waals surface area contributed by atoms with Crippen LogP contribution in [-0.2, 0) is 17.9 Å². The van der Waals surface area contributed by atoms with Gasteiger partial charge in [0, 0.05) is 12.0 Å². The summed E-state index contributed by atoms with van der Waals surface area (Å²) in [5.74, 6) is -1.01. The summed E-state index contributed by atoms with van der Waals surface area (Å²) in [6.45, 7) is 0.467. The van der Waals surface area contributed by atoms with Gasteiger partial charge in [-0.3, -0.25) is 9.59 Å². The fourth-order valence-electron chi connectivity index (χ4n) is 4.84. The number of hydrazone groups is 1. The zero-order valence-corrected chi connectivity index (χ0v) is 24.9. The standard InChI is InChI=1S/C32H26F2N6O2S2/c33-24-13-11-22(12-14-24)27-17-26(28-10-5-15-43-28)38-40(27)30(41)20-44-32-37-36-29(39(32)19-21-6-2-1-3-7-21)18-35-31(42)23-8-4-9-25(34)16-23/h1-16,27H,17-20H2,(H,35,42)/t27-/m0/s1. The Hall–Kier alpha value is -4.68. The number of carbonyl (C=O) groups is 2. The molecule has 1 aliphatic heterocycles. The molecule has 0 unspecified atom stereocenters. The van der Waals surface area contributed by atoms with Crippen LogP contribution in [0.3, 0.4) is 0 Å². The van der Waals surface area contributed by atoms with Crippen molar-refractivity contribution in [3.63, 3.8) is 0 Å². The van der Waals surface area contributed by atoms with Crippen molar-refractivity contribution in [1.29, 1.82) is 0 Å². The van der Waals surface area contributed by atoms with Crippen LogP contribution < -0.4 is 5.32 Å². The topological polar surface area (TPSA) is 92.5 Å². The normalized spacial score (nSPS) is 14.5. The molecule has 8 nitrogen and oxygen atoms in total. The maximum Gasteiger partial charge on any atom is 0.253 e. The van der Waals surface area contributed by atoms with Gasteiger partial charge in [-0.1, -0.05) is 66.4 Å². The van der Waals surface area contributed by atoms with Crippen LogP contribution in [0.1, 0.15) is 44.6 Å². The molecule has 1 N–H and O–H groups in total. The minimum absolute atomic E-state index is 0.0293. The number of benzene rings is 3. The van der Waals surface area contributed by atoms with E-state index in [0.717, 1.165) is 21.7 Å². The van der Waals surface area contributed by atoms with Gasteiger partial charge < -0.3 is 9.88 Å². The smallest absolute Gasteiger partial charge is 0.253 e. The number of amides is 2. The average molecular weight is 629 g/mol. The number of aromatic nitrogens is 3. The SMILES string of the molecule is O=C(NCc1nnc(SCC(=O)N2N=C(c3cccs3)C[C@H]2c2ccc(F)cc2)n1Cc1ccccc1)c1cccc(F)c1. The van der Waals surface area contributed by atoms with Crippen LogP contribution in [0.2, 0.25) is 0 Å². The largest absolute Gasteiger partial charge is 0.345 e. The molecule has 1 aliphatic rings. The monoisotopic (exact) mass is 628 g/mol. The lowest BCUT2D eigenvalue weighted by atomic mass is 10.0. The lowest BCUT2D eigenvalue weighted by Gasteiger charge is -2.22. The van der Waals surface area contributed by atoms with Crippen LogP contribution in [-0.4, -0.2) is 43.1 Å². The summed E-state index contributed by atoms with van der Waals surface area (Å²) in [5, 5.41) is 20.0. The van der Waals surface area contributed by atoms with E-state index >= 15 is 0 Å². The third-order valence-electron chi connectivity index (χ3n) is 7.02. The van der Waals surface area contributed by atoms with Crippen LogP contribution in [0.4, 0.5) is 8.78 Å². The molecule has 0 saturated heterocycles. The summed E-state index contributed by atoms with van der Waals surface area (Å²) in [4.78, 5) is 27.3. The fraction of sp³-hybridized carbons (Fsp3) is 0.156. The molecule has 5 aromatic rings. The molecule has 3 heterocycles. The minimum atomic E-state index is -0.500. The fourth-order valence-corrected chi connectivity index (χ4v) is 6.37. The van der Waals surface area contributed by atoms with E-state index < -0.39 is 11.7 Å². The van der Waals surface area contributed by atoms with E-state index in [1.807, 2.05) is 52.4 Å². The third-order valence-corrected chi connectivity index (χ3v) is 8.89. The molecule has 2 amide bonds. The van der Waals surface area contributed by atoms with E-state index in [9.17, 15) is 18.4 Å². The molecule has 0 bridgehead atoms. The van der Waals surface area contributed by atoms with Crippen LogP contribution in [0.15, 0.2) is 107 Å². The van der Waals surface area contributed by atoms with Crippen molar-refractivity contribution in [1.82, 2.24) is 25.1 Å². The van der Waals surface area contributed by atoms with Gasteiger partial charge in [-0.2, -0.15) is 5.10 Å². The predicted molar refractivity (Wildman–Crippen MR) is 165 cm³/mol. The highest BCUT2D eigenvalue weighted by Crippen LogP contribution is 2.35. The number of thioether (sulfide) groups is 1. The second-order valence-corrected chi connectivity index (χ2v) is 11.9. The van der Waals surface area contributed by atoms with Gasteiger partial charge in [0.15, 0.2) is 11.0 Å². The van der Waals surface area contributed by atoms with E-state index in [0.29, 0.717) is 23.9 Å². The number of nitrogens with zero attached hydrogens (tertiary/aromatic N) is 5. The molecule has 0 saturated carbocycles. The minimum Gasteiger partial charge on any atom is -0.345 e. The highest BCUT2D eigenvalue weighted by Gasteiger charge is 2.33. The molecule has 0 radical (unpaired) electrons. The molecule has 0 spiro atoms. The maximum absolute atomic E-state index is 13.7. The predicted octanol–water partition coefficient (Wildman–Crippen LogP) is 6.07. The molecule has 44 heavy (non-hydrogen) atoms. The van der Waals surface area contributed by atoms with Crippen molar-refractivity contribution >= 4 is 40.6 Å². The zero-order chi connectivity index (χ0) is 30.5. The van der Waals surface area contributed by atoms with Crippen molar-refractivity contribution in [3.8, 4) is 0 Å². The van der Waals surface area contributed by atoms with E-state index in [-0.39, 0.29) is 35.6 Å². The quantitative estimate of drug-likeness (QED) is 0.190. The Balaban J connectivity index is 1.21.